The van der Waals surface area contributed by atoms with Gasteiger partial charge in [-0.1, -0.05) is 133 Å². The molecule has 0 aliphatic carbocycles. The number of aromatic nitrogens is 5. The van der Waals surface area contributed by atoms with E-state index in [9.17, 15) is 0 Å². The average molecular weight is 680 g/mol. The van der Waals surface area contributed by atoms with E-state index in [-0.39, 0.29) is 0 Å². The van der Waals surface area contributed by atoms with Gasteiger partial charge in [0.05, 0.1) is 27.6 Å². The Morgan fingerprint density at radius 3 is 1.58 bits per heavy atom. The molecular weight excluding hydrogens is 651 g/mol. The van der Waals surface area contributed by atoms with Crippen LogP contribution in [0.25, 0.3) is 100 Å². The Morgan fingerprint density at radius 1 is 0.377 bits per heavy atom. The molecule has 11 rings (SSSR count). The van der Waals surface area contributed by atoms with Crippen molar-refractivity contribution in [2.24, 2.45) is 0 Å². The number of hydrogen-bond donors (Lipinski definition) is 0. The summed E-state index contributed by atoms with van der Waals surface area (Å²) in [6.45, 7) is 0. The van der Waals surface area contributed by atoms with E-state index in [0.29, 0.717) is 17.5 Å². The fourth-order valence-electron chi connectivity index (χ4n) is 7.78. The van der Waals surface area contributed by atoms with Gasteiger partial charge in [-0.2, -0.15) is 0 Å². The van der Waals surface area contributed by atoms with Crippen LogP contribution in [0.4, 0.5) is 0 Å². The van der Waals surface area contributed by atoms with E-state index in [1.165, 1.54) is 10.8 Å². The molecule has 0 aliphatic heterocycles. The normalized spacial score (nSPS) is 11.8. The number of para-hydroxylation sites is 5. The van der Waals surface area contributed by atoms with Crippen LogP contribution in [0.15, 0.2) is 180 Å². The monoisotopic (exact) mass is 679 g/mol. The second-order valence-electron chi connectivity index (χ2n) is 13.3. The van der Waals surface area contributed by atoms with Gasteiger partial charge in [0, 0.05) is 38.5 Å². The van der Waals surface area contributed by atoms with Crippen LogP contribution in [0.5, 0.6) is 0 Å². The smallest absolute Gasteiger partial charge is 0.213 e. The predicted octanol–water partition coefficient (Wildman–Crippen LogP) is 11.8. The van der Waals surface area contributed by atoms with E-state index in [1.807, 2.05) is 48.5 Å². The highest BCUT2D eigenvalue weighted by molar-refractivity contribution is 6.09. The van der Waals surface area contributed by atoms with Crippen LogP contribution < -0.4 is 0 Å². The van der Waals surface area contributed by atoms with Crippen molar-refractivity contribution in [3.8, 4) is 51.0 Å². The van der Waals surface area contributed by atoms with Crippen molar-refractivity contribution in [2.45, 2.75) is 0 Å². The highest BCUT2D eigenvalue weighted by Crippen LogP contribution is 2.40. The Labute approximate surface area is 303 Å². The molecule has 0 radical (unpaired) electrons. The quantitative estimate of drug-likeness (QED) is 0.182. The van der Waals surface area contributed by atoms with Crippen molar-refractivity contribution < 1.29 is 4.42 Å². The SMILES string of the molecule is c1ccc(-c2nc(-c3ccc(-c4c5ccccc5n5c4oc4ccccc45)cc3)nc(-c3cccc(-n4c5ccccc5c5ccccc54)c3)n2)cc1. The molecular formula is C47H29N5O. The molecule has 0 saturated heterocycles. The molecule has 0 N–H and O–H groups in total. The van der Waals surface area contributed by atoms with E-state index in [1.54, 1.807) is 0 Å². The first kappa shape index (κ1) is 29.4. The lowest BCUT2D eigenvalue weighted by atomic mass is 10.0. The summed E-state index contributed by atoms with van der Waals surface area (Å²) in [5.41, 5.74) is 12.1. The minimum Gasteiger partial charge on any atom is -0.438 e. The topological polar surface area (TPSA) is 61.1 Å². The molecule has 248 valence electrons. The van der Waals surface area contributed by atoms with Gasteiger partial charge in [-0.25, -0.2) is 15.0 Å². The van der Waals surface area contributed by atoms with Gasteiger partial charge in [-0.05, 0) is 48.0 Å². The van der Waals surface area contributed by atoms with Crippen molar-refractivity contribution in [2.75, 3.05) is 0 Å². The number of benzene rings is 7. The number of oxazole rings is 1. The third kappa shape index (κ3) is 4.63. The zero-order valence-electron chi connectivity index (χ0n) is 28.4. The van der Waals surface area contributed by atoms with E-state index < -0.39 is 0 Å². The Balaban J connectivity index is 1.05. The maximum absolute atomic E-state index is 6.48. The molecule has 0 bridgehead atoms. The van der Waals surface area contributed by atoms with Crippen LogP contribution >= 0.6 is 0 Å². The molecule has 53 heavy (non-hydrogen) atoms. The third-order valence-electron chi connectivity index (χ3n) is 10.2. The maximum Gasteiger partial charge on any atom is 0.213 e. The standard InChI is InChI=1S/C47H29N5O/c1-2-13-31(14-3-1)44-48-45(32-27-25-30(26-28-32)43-37-19-6-9-22-40(37)52-41-23-10-11-24-42(41)53-47(43)52)50-46(49-44)33-15-12-16-34(29-33)51-38-20-7-4-17-35(38)36-18-5-8-21-39(36)51/h1-29H. The number of nitrogens with zero attached hydrogens (tertiary/aromatic N) is 5. The average Bonchev–Trinajstić information content (AvgIpc) is 3.88. The molecule has 0 spiro atoms. The zero-order chi connectivity index (χ0) is 34.9. The van der Waals surface area contributed by atoms with Gasteiger partial charge >= 0.3 is 0 Å². The van der Waals surface area contributed by atoms with Crippen LogP contribution in [-0.4, -0.2) is 23.9 Å². The van der Waals surface area contributed by atoms with Gasteiger partial charge in [0.25, 0.3) is 0 Å². The summed E-state index contributed by atoms with van der Waals surface area (Å²) in [7, 11) is 0. The van der Waals surface area contributed by atoms with Crippen LogP contribution in [-0.2, 0) is 0 Å². The summed E-state index contributed by atoms with van der Waals surface area (Å²) < 4.78 is 11.0. The molecule has 0 amide bonds. The zero-order valence-corrected chi connectivity index (χ0v) is 28.4. The summed E-state index contributed by atoms with van der Waals surface area (Å²) >= 11 is 0. The van der Waals surface area contributed by atoms with Crippen molar-refractivity contribution >= 4 is 49.5 Å². The minimum atomic E-state index is 0.610. The number of fused-ring (bicyclic) bond motifs is 8. The molecule has 4 heterocycles. The molecule has 7 aromatic carbocycles. The maximum atomic E-state index is 6.48. The van der Waals surface area contributed by atoms with Crippen molar-refractivity contribution in [1.82, 2.24) is 23.9 Å². The molecule has 0 aliphatic rings. The lowest BCUT2D eigenvalue weighted by molar-refractivity contribution is 0.658. The predicted molar refractivity (Wildman–Crippen MR) is 214 cm³/mol. The Kier molecular flexibility index (Phi) is 6.45. The summed E-state index contributed by atoms with van der Waals surface area (Å²) in [6.07, 6.45) is 0. The lowest BCUT2D eigenvalue weighted by Gasteiger charge is -2.11. The van der Waals surface area contributed by atoms with Crippen LogP contribution in [0.2, 0.25) is 0 Å². The molecule has 6 nitrogen and oxygen atoms in total. The molecule has 0 fully saturated rings. The first-order valence-corrected chi connectivity index (χ1v) is 17.7. The summed E-state index contributed by atoms with van der Waals surface area (Å²) in [5, 5.41) is 3.59. The Morgan fingerprint density at radius 2 is 0.887 bits per heavy atom. The van der Waals surface area contributed by atoms with Gasteiger partial charge in [-0.15, -0.1) is 0 Å². The highest BCUT2D eigenvalue weighted by atomic mass is 16.3. The Hall–Kier alpha value is -7.31. The van der Waals surface area contributed by atoms with E-state index in [4.69, 9.17) is 19.4 Å². The summed E-state index contributed by atoms with van der Waals surface area (Å²) in [6, 6.07) is 60.8. The first-order chi connectivity index (χ1) is 26.3. The molecule has 0 unspecified atom stereocenters. The Bertz CT molecular complexity index is 3120. The van der Waals surface area contributed by atoms with Crippen LogP contribution in [0.3, 0.4) is 0 Å². The highest BCUT2D eigenvalue weighted by Gasteiger charge is 2.20. The summed E-state index contributed by atoms with van der Waals surface area (Å²) in [4.78, 5) is 15.2. The molecule has 0 atom stereocenters. The molecule has 11 aromatic rings. The second-order valence-corrected chi connectivity index (χ2v) is 13.3. The fourth-order valence-corrected chi connectivity index (χ4v) is 7.78. The number of rotatable bonds is 5. The van der Waals surface area contributed by atoms with Gasteiger partial charge in [0.2, 0.25) is 5.71 Å². The van der Waals surface area contributed by atoms with Crippen molar-refractivity contribution in [3.63, 3.8) is 0 Å². The van der Waals surface area contributed by atoms with Gasteiger partial charge in [0.1, 0.15) is 0 Å². The summed E-state index contributed by atoms with van der Waals surface area (Å²) in [5.74, 6) is 1.85. The van der Waals surface area contributed by atoms with Crippen molar-refractivity contribution in [3.05, 3.63) is 176 Å². The molecule has 4 aromatic heterocycles. The van der Waals surface area contributed by atoms with E-state index in [2.05, 4.69) is 136 Å². The van der Waals surface area contributed by atoms with E-state index >= 15 is 0 Å². The first-order valence-electron chi connectivity index (χ1n) is 17.7. The largest absolute Gasteiger partial charge is 0.438 e. The molecule has 0 saturated carbocycles. The van der Waals surface area contributed by atoms with Crippen LogP contribution in [0.1, 0.15) is 0 Å². The van der Waals surface area contributed by atoms with Gasteiger partial charge in [-0.3, -0.25) is 4.40 Å². The minimum absolute atomic E-state index is 0.610. The third-order valence-corrected chi connectivity index (χ3v) is 10.2. The van der Waals surface area contributed by atoms with Crippen LogP contribution in [0, 0.1) is 0 Å². The lowest BCUT2D eigenvalue weighted by Crippen LogP contribution is -2.01. The van der Waals surface area contributed by atoms with Gasteiger partial charge in [0.15, 0.2) is 23.1 Å². The second kappa shape index (κ2) is 11.6. The fraction of sp³-hybridized carbons (Fsp3) is 0. The van der Waals surface area contributed by atoms with E-state index in [0.717, 1.165) is 72.3 Å². The van der Waals surface area contributed by atoms with Crippen molar-refractivity contribution in [1.29, 1.82) is 0 Å². The molecule has 6 heteroatoms. The number of hydrogen-bond acceptors (Lipinski definition) is 4. The van der Waals surface area contributed by atoms with Gasteiger partial charge < -0.3 is 8.98 Å².